The number of amides is 1. The molecule has 0 aliphatic heterocycles. The van der Waals surface area contributed by atoms with Crippen LogP contribution in [0.4, 0.5) is 4.79 Å². The Morgan fingerprint density at radius 2 is 2.44 bits per heavy atom. The first-order chi connectivity index (χ1) is 4.20. The zero-order valence-electron chi connectivity index (χ0n) is 5.68. The van der Waals surface area contributed by atoms with Gasteiger partial charge >= 0.3 is 6.09 Å². The van der Waals surface area contributed by atoms with Crippen LogP contribution in [0, 0.1) is 0 Å². The van der Waals surface area contributed by atoms with E-state index in [0.29, 0.717) is 6.32 Å². The van der Waals surface area contributed by atoms with Crippen molar-refractivity contribution in [2.45, 2.75) is 19.3 Å². The average Bonchev–Trinajstić information content (AvgIpc) is 1.87. The Bertz CT molecular complexity index is 97.0. The molecule has 1 N–H and O–H groups in total. The number of carbonyl (C=O) groups excluding carboxylic acids is 1. The smallest absolute Gasteiger partial charge is 0.407 e. The third kappa shape index (κ3) is 3.88. The molecule has 0 fully saturated rings. The molecule has 1 amide bonds. The van der Waals surface area contributed by atoms with Gasteiger partial charge < -0.3 is 10.1 Å². The Morgan fingerprint density at radius 3 is 2.78 bits per heavy atom. The van der Waals surface area contributed by atoms with Crippen molar-refractivity contribution in [1.82, 2.24) is 5.32 Å². The number of methoxy groups -OCH3 is 1. The Hall–Kier alpha value is -0.665. The molecule has 9 heavy (non-hydrogen) atoms. The van der Waals surface area contributed by atoms with E-state index < -0.39 is 6.09 Å². The molecule has 1 unspecified atom stereocenters. The van der Waals surface area contributed by atoms with Crippen molar-refractivity contribution in [2.24, 2.45) is 0 Å². The predicted molar refractivity (Wildman–Crippen MR) is 35.6 cm³/mol. The van der Waals surface area contributed by atoms with Gasteiger partial charge in [-0.25, -0.2) is 4.79 Å². The molecule has 4 heteroatoms. The minimum Gasteiger partial charge on any atom is -0.453 e. The van der Waals surface area contributed by atoms with Gasteiger partial charge in [-0.2, -0.15) is 0 Å². The molecule has 2 radical (unpaired) electrons. The second-order valence-electron chi connectivity index (χ2n) is 1.77. The predicted octanol–water partition coefficient (Wildman–Crippen LogP) is 0.318. The molecule has 0 heterocycles. The molecule has 0 saturated heterocycles. The highest BCUT2D eigenvalue weighted by atomic mass is 16.5. The van der Waals surface area contributed by atoms with Crippen LogP contribution in [0.25, 0.3) is 0 Å². The van der Waals surface area contributed by atoms with Crippen molar-refractivity contribution in [2.75, 3.05) is 7.11 Å². The monoisotopic (exact) mass is 127 g/mol. The van der Waals surface area contributed by atoms with E-state index in [0.717, 1.165) is 0 Å². The molecule has 0 aromatic rings. The summed E-state index contributed by atoms with van der Waals surface area (Å²) in [4.78, 5) is 10.4. The number of carbonyl (C=O) groups is 1. The normalized spacial score (nSPS) is 12.2. The zero-order valence-corrected chi connectivity index (χ0v) is 5.68. The first kappa shape index (κ1) is 8.33. The zero-order chi connectivity index (χ0) is 7.28. The lowest BCUT2D eigenvalue weighted by molar-refractivity contribution is 0.168. The van der Waals surface area contributed by atoms with E-state index in [2.05, 4.69) is 10.1 Å². The second kappa shape index (κ2) is 4.24. The molecule has 1 atom stereocenters. The fourth-order valence-corrected chi connectivity index (χ4v) is 0.319. The van der Waals surface area contributed by atoms with Crippen LogP contribution in [0.3, 0.4) is 0 Å². The van der Waals surface area contributed by atoms with Crippen LogP contribution in [0.5, 0.6) is 0 Å². The third-order valence-corrected chi connectivity index (χ3v) is 0.903. The number of ether oxygens (including phenoxy) is 1. The molecule has 0 aliphatic carbocycles. The van der Waals surface area contributed by atoms with E-state index in [1.807, 2.05) is 0 Å². The summed E-state index contributed by atoms with van der Waals surface area (Å²) in [5.41, 5.74) is 0. The molecule has 0 aromatic heterocycles. The number of rotatable bonds is 2. The molecule has 0 aliphatic rings. The molecule has 0 rings (SSSR count). The Labute approximate surface area is 56.2 Å². The van der Waals surface area contributed by atoms with Crippen LogP contribution >= 0.6 is 0 Å². The van der Waals surface area contributed by atoms with Crippen LogP contribution < -0.4 is 5.32 Å². The number of alkyl carbamates (subject to hydrolysis) is 1. The molecular weight excluding hydrogens is 117 g/mol. The van der Waals surface area contributed by atoms with E-state index in [-0.39, 0.29) is 6.04 Å². The van der Waals surface area contributed by atoms with Crippen molar-refractivity contribution in [3.05, 3.63) is 0 Å². The summed E-state index contributed by atoms with van der Waals surface area (Å²) in [6, 6.07) is -0.0163. The van der Waals surface area contributed by atoms with Crippen LogP contribution in [0.1, 0.15) is 6.92 Å². The van der Waals surface area contributed by atoms with Crippen LogP contribution in [0.15, 0.2) is 0 Å². The lowest BCUT2D eigenvalue weighted by Gasteiger charge is -2.08. The summed E-state index contributed by atoms with van der Waals surface area (Å²) < 4.78 is 4.32. The Morgan fingerprint density at radius 1 is 1.89 bits per heavy atom. The summed E-state index contributed by atoms with van der Waals surface area (Å²) in [5.74, 6) is 0. The summed E-state index contributed by atoms with van der Waals surface area (Å²) in [6.45, 7) is 1.80. The summed E-state index contributed by atoms with van der Waals surface area (Å²) in [6.07, 6.45) is -0.0114. The van der Waals surface area contributed by atoms with Gasteiger partial charge in [-0.15, -0.1) is 0 Å². The molecule has 0 saturated carbocycles. The van der Waals surface area contributed by atoms with E-state index in [9.17, 15) is 4.79 Å². The van der Waals surface area contributed by atoms with E-state index in [4.69, 9.17) is 7.85 Å². The standard InChI is InChI=1S/C5H10BNO2/c1-4(3-6)7-5(8)9-2/h4H,3H2,1-2H3,(H,7,8). The summed E-state index contributed by atoms with van der Waals surface area (Å²) in [7, 11) is 6.52. The Balaban J connectivity index is 3.34. The third-order valence-electron chi connectivity index (χ3n) is 0.903. The minimum atomic E-state index is -0.437. The van der Waals surface area contributed by atoms with Gasteiger partial charge in [0.25, 0.3) is 0 Å². The Kier molecular flexibility index (Phi) is 3.92. The number of nitrogens with one attached hydrogen (secondary N) is 1. The number of hydrogen-bond donors (Lipinski definition) is 1. The second-order valence-corrected chi connectivity index (χ2v) is 1.77. The summed E-state index contributed by atoms with van der Waals surface area (Å²) >= 11 is 0. The van der Waals surface area contributed by atoms with Crippen LogP contribution in [0.2, 0.25) is 6.32 Å². The van der Waals surface area contributed by atoms with Crippen molar-refractivity contribution in [3.8, 4) is 0 Å². The van der Waals surface area contributed by atoms with Crippen molar-refractivity contribution in [3.63, 3.8) is 0 Å². The topological polar surface area (TPSA) is 38.3 Å². The van der Waals surface area contributed by atoms with Crippen molar-refractivity contribution >= 4 is 13.9 Å². The summed E-state index contributed by atoms with van der Waals surface area (Å²) in [5, 5.41) is 2.49. The molecule has 50 valence electrons. The molecule has 0 spiro atoms. The van der Waals surface area contributed by atoms with Crippen LogP contribution in [-0.2, 0) is 4.74 Å². The lowest BCUT2D eigenvalue weighted by Crippen LogP contribution is -2.31. The van der Waals surface area contributed by atoms with E-state index in [1.54, 1.807) is 6.92 Å². The molecule has 0 aromatic carbocycles. The maximum absolute atomic E-state index is 10.4. The molecule has 3 nitrogen and oxygen atoms in total. The highest BCUT2D eigenvalue weighted by molar-refractivity contribution is 6.09. The van der Waals surface area contributed by atoms with Gasteiger partial charge in [0.05, 0.1) is 15.0 Å². The lowest BCUT2D eigenvalue weighted by atomic mass is 9.99. The van der Waals surface area contributed by atoms with Gasteiger partial charge in [0, 0.05) is 6.04 Å². The first-order valence-electron chi connectivity index (χ1n) is 2.75. The molecule has 0 bridgehead atoms. The SMILES string of the molecule is [B]CC(C)NC(=O)OC. The van der Waals surface area contributed by atoms with Gasteiger partial charge in [-0.3, -0.25) is 0 Å². The van der Waals surface area contributed by atoms with Gasteiger partial charge in [0.15, 0.2) is 0 Å². The maximum Gasteiger partial charge on any atom is 0.407 e. The maximum atomic E-state index is 10.4. The largest absolute Gasteiger partial charge is 0.453 e. The van der Waals surface area contributed by atoms with Gasteiger partial charge in [0.2, 0.25) is 0 Å². The first-order valence-corrected chi connectivity index (χ1v) is 2.75. The fraction of sp³-hybridized carbons (Fsp3) is 0.800. The van der Waals surface area contributed by atoms with Crippen LogP contribution in [-0.4, -0.2) is 27.1 Å². The van der Waals surface area contributed by atoms with Crippen molar-refractivity contribution < 1.29 is 9.53 Å². The highest BCUT2D eigenvalue weighted by Gasteiger charge is 2.01. The average molecular weight is 127 g/mol. The highest BCUT2D eigenvalue weighted by Crippen LogP contribution is 1.85. The fourth-order valence-electron chi connectivity index (χ4n) is 0.319. The quantitative estimate of drug-likeness (QED) is 0.542. The van der Waals surface area contributed by atoms with E-state index in [1.165, 1.54) is 7.11 Å². The molecular formula is C5H10BNO2. The van der Waals surface area contributed by atoms with Gasteiger partial charge in [0.1, 0.15) is 0 Å². The van der Waals surface area contributed by atoms with Crippen molar-refractivity contribution in [1.29, 1.82) is 0 Å². The number of hydrogen-bond acceptors (Lipinski definition) is 2. The van der Waals surface area contributed by atoms with Gasteiger partial charge in [-0.1, -0.05) is 6.32 Å². The minimum absolute atomic E-state index is 0.0163. The van der Waals surface area contributed by atoms with E-state index >= 15 is 0 Å². The van der Waals surface area contributed by atoms with Gasteiger partial charge in [-0.05, 0) is 6.92 Å².